The van der Waals surface area contributed by atoms with Gasteiger partial charge in [-0.1, -0.05) is 36.6 Å². The van der Waals surface area contributed by atoms with Gasteiger partial charge in [0, 0.05) is 43.8 Å². The van der Waals surface area contributed by atoms with Crippen molar-refractivity contribution in [3.05, 3.63) is 34.9 Å². The summed E-state index contributed by atoms with van der Waals surface area (Å²) in [7, 11) is 0. The summed E-state index contributed by atoms with van der Waals surface area (Å²) in [6, 6.07) is 8.23. The fourth-order valence-electron chi connectivity index (χ4n) is 3.57. The van der Waals surface area contributed by atoms with E-state index < -0.39 is 0 Å². The zero-order valence-electron chi connectivity index (χ0n) is 14.0. The van der Waals surface area contributed by atoms with Gasteiger partial charge in [-0.25, -0.2) is 0 Å². The molecule has 1 aromatic rings. The average molecular weight is 372 g/mol. The largest absolute Gasteiger partial charge is 0.342 e. The molecule has 2 heterocycles. The topological polar surface area (TPSA) is 35.6 Å². The zero-order valence-corrected chi connectivity index (χ0v) is 15.6. The predicted octanol–water partition coefficient (Wildman–Crippen LogP) is 3.11. The monoisotopic (exact) mass is 371 g/mol. The van der Waals surface area contributed by atoms with Crippen molar-refractivity contribution >= 4 is 29.9 Å². The van der Waals surface area contributed by atoms with E-state index in [0.717, 1.165) is 50.6 Å². The number of benzene rings is 1. The average Bonchev–Trinajstić information content (AvgIpc) is 2.85. The molecular weight excluding hydrogens is 345 g/mol. The minimum atomic E-state index is 0. The van der Waals surface area contributed by atoms with Crippen LogP contribution in [0, 0.1) is 0 Å². The van der Waals surface area contributed by atoms with Crippen molar-refractivity contribution in [2.45, 2.75) is 31.7 Å². The molecule has 4 nitrogen and oxygen atoms in total. The molecule has 1 atom stereocenters. The van der Waals surface area contributed by atoms with Crippen LogP contribution in [0.15, 0.2) is 24.3 Å². The van der Waals surface area contributed by atoms with E-state index in [-0.39, 0.29) is 24.4 Å². The number of piperazine rings is 1. The maximum absolute atomic E-state index is 12.7. The summed E-state index contributed by atoms with van der Waals surface area (Å²) in [5, 5.41) is 4.19. The highest BCUT2D eigenvalue weighted by atomic mass is 35.5. The van der Waals surface area contributed by atoms with Crippen LogP contribution in [0.1, 0.15) is 37.3 Å². The second-order valence-electron chi connectivity index (χ2n) is 6.54. The van der Waals surface area contributed by atoms with Gasteiger partial charge in [-0.2, -0.15) is 0 Å². The Bertz CT molecular complexity index is 533. The Balaban J connectivity index is 0.00000208. The van der Waals surface area contributed by atoms with Crippen LogP contribution in [0.25, 0.3) is 0 Å². The van der Waals surface area contributed by atoms with E-state index in [1.54, 1.807) is 0 Å². The maximum atomic E-state index is 12.7. The van der Waals surface area contributed by atoms with Crippen LogP contribution in [0.4, 0.5) is 0 Å². The standard InChI is InChI=1S/C18H26ClN3O.ClH/c19-16-7-5-6-15(12-16)17-13-20-8-11-22(17)14-18(23)21-9-3-1-2-4-10-21;/h5-7,12,17,20H,1-4,8-11,13-14H2;1H. The molecule has 0 aromatic heterocycles. The Labute approximate surface area is 155 Å². The Morgan fingerprint density at radius 3 is 2.62 bits per heavy atom. The normalized spacial score (nSPS) is 22.5. The Morgan fingerprint density at radius 1 is 1.17 bits per heavy atom. The lowest BCUT2D eigenvalue weighted by molar-refractivity contribution is -0.133. The second-order valence-corrected chi connectivity index (χ2v) is 6.98. The molecule has 2 aliphatic heterocycles. The van der Waals surface area contributed by atoms with Crippen molar-refractivity contribution in [1.29, 1.82) is 0 Å². The number of carbonyl (C=O) groups is 1. The Kier molecular flexibility index (Phi) is 7.82. The smallest absolute Gasteiger partial charge is 0.236 e. The fraction of sp³-hybridized carbons (Fsp3) is 0.611. The number of nitrogens with zero attached hydrogens (tertiary/aromatic N) is 2. The molecule has 0 saturated carbocycles. The number of rotatable bonds is 3. The van der Waals surface area contributed by atoms with Gasteiger partial charge in [0.1, 0.15) is 0 Å². The predicted molar refractivity (Wildman–Crippen MR) is 101 cm³/mol. The van der Waals surface area contributed by atoms with Crippen molar-refractivity contribution in [1.82, 2.24) is 15.1 Å². The van der Waals surface area contributed by atoms with Crippen molar-refractivity contribution in [3.63, 3.8) is 0 Å². The van der Waals surface area contributed by atoms with Crippen LogP contribution in [0.5, 0.6) is 0 Å². The molecule has 24 heavy (non-hydrogen) atoms. The summed E-state index contributed by atoms with van der Waals surface area (Å²) in [5.41, 5.74) is 1.19. The summed E-state index contributed by atoms with van der Waals surface area (Å²) in [6.07, 6.45) is 4.79. The van der Waals surface area contributed by atoms with Crippen LogP contribution in [-0.4, -0.2) is 55.0 Å². The van der Waals surface area contributed by atoms with Gasteiger partial charge in [0.05, 0.1) is 6.54 Å². The third-order valence-corrected chi connectivity index (χ3v) is 5.12. The van der Waals surface area contributed by atoms with Crippen LogP contribution in [-0.2, 0) is 4.79 Å². The number of carbonyl (C=O) groups excluding carboxylic acids is 1. The molecule has 6 heteroatoms. The van der Waals surface area contributed by atoms with E-state index in [0.29, 0.717) is 6.54 Å². The van der Waals surface area contributed by atoms with E-state index in [1.807, 2.05) is 18.2 Å². The first-order valence-corrected chi connectivity index (χ1v) is 9.10. The molecule has 2 aliphatic rings. The van der Waals surface area contributed by atoms with Gasteiger partial charge in [0.25, 0.3) is 0 Å². The van der Waals surface area contributed by atoms with Gasteiger partial charge in [-0.15, -0.1) is 12.4 Å². The molecule has 1 N–H and O–H groups in total. The molecule has 2 fully saturated rings. The summed E-state index contributed by atoms with van der Waals surface area (Å²) in [4.78, 5) is 17.1. The van der Waals surface area contributed by atoms with Crippen molar-refractivity contribution < 1.29 is 4.79 Å². The zero-order chi connectivity index (χ0) is 16.1. The van der Waals surface area contributed by atoms with Gasteiger partial charge in [-0.05, 0) is 30.5 Å². The van der Waals surface area contributed by atoms with E-state index in [2.05, 4.69) is 21.2 Å². The first-order chi connectivity index (χ1) is 11.2. The first kappa shape index (κ1) is 19.5. The third kappa shape index (κ3) is 5.09. The minimum Gasteiger partial charge on any atom is -0.342 e. The highest BCUT2D eigenvalue weighted by molar-refractivity contribution is 6.30. The van der Waals surface area contributed by atoms with Crippen LogP contribution >= 0.6 is 24.0 Å². The number of likely N-dealkylation sites (tertiary alicyclic amines) is 1. The van der Waals surface area contributed by atoms with Crippen LogP contribution in [0.2, 0.25) is 5.02 Å². The molecule has 2 saturated heterocycles. The van der Waals surface area contributed by atoms with Crippen LogP contribution < -0.4 is 5.32 Å². The maximum Gasteiger partial charge on any atom is 0.236 e. The molecule has 1 amide bonds. The van der Waals surface area contributed by atoms with E-state index >= 15 is 0 Å². The lowest BCUT2D eigenvalue weighted by Crippen LogP contribution is -2.50. The number of nitrogens with one attached hydrogen (secondary N) is 1. The number of hydrogen-bond acceptors (Lipinski definition) is 3. The summed E-state index contributed by atoms with van der Waals surface area (Å²) < 4.78 is 0. The van der Waals surface area contributed by atoms with Gasteiger partial charge in [0.2, 0.25) is 5.91 Å². The van der Waals surface area contributed by atoms with E-state index in [4.69, 9.17) is 11.6 Å². The number of amides is 1. The lowest BCUT2D eigenvalue weighted by atomic mass is 10.0. The highest BCUT2D eigenvalue weighted by Crippen LogP contribution is 2.24. The molecule has 134 valence electrons. The van der Waals surface area contributed by atoms with E-state index in [9.17, 15) is 4.79 Å². The third-order valence-electron chi connectivity index (χ3n) is 4.88. The van der Waals surface area contributed by atoms with Crippen molar-refractivity contribution in [3.8, 4) is 0 Å². The molecule has 1 aromatic carbocycles. The first-order valence-electron chi connectivity index (χ1n) is 8.72. The summed E-state index contributed by atoms with van der Waals surface area (Å²) in [5.74, 6) is 0.279. The second kappa shape index (κ2) is 9.62. The highest BCUT2D eigenvalue weighted by Gasteiger charge is 2.27. The summed E-state index contributed by atoms with van der Waals surface area (Å²) >= 11 is 6.14. The SMILES string of the molecule is Cl.O=C(CN1CCNCC1c1cccc(Cl)c1)N1CCCCCC1. The molecule has 0 bridgehead atoms. The number of hydrogen-bond donors (Lipinski definition) is 1. The van der Waals surface area contributed by atoms with Gasteiger partial charge in [0.15, 0.2) is 0 Å². The molecule has 0 radical (unpaired) electrons. The lowest BCUT2D eigenvalue weighted by Gasteiger charge is -2.37. The van der Waals surface area contributed by atoms with Crippen molar-refractivity contribution in [2.24, 2.45) is 0 Å². The molecular formula is C18H27Cl2N3O. The van der Waals surface area contributed by atoms with Crippen molar-refractivity contribution in [2.75, 3.05) is 39.3 Å². The quantitative estimate of drug-likeness (QED) is 0.886. The van der Waals surface area contributed by atoms with E-state index in [1.165, 1.54) is 18.4 Å². The van der Waals surface area contributed by atoms with Crippen LogP contribution in [0.3, 0.4) is 0 Å². The van der Waals surface area contributed by atoms with Gasteiger partial charge < -0.3 is 10.2 Å². The number of halogens is 2. The molecule has 0 aliphatic carbocycles. The fourth-order valence-corrected chi connectivity index (χ4v) is 3.77. The molecule has 1 unspecified atom stereocenters. The van der Waals surface area contributed by atoms with Gasteiger partial charge in [-0.3, -0.25) is 9.69 Å². The minimum absolute atomic E-state index is 0. The summed E-state index contributed by atoms with van der Waals surface area (Å²) in [6.45, 7) is 5.06. The molecule has 0 spiro atoms. The van der Waals surface area contributed by atoms with Gasteiger partial charge >= 0.3 is 0 Å². The Morgan fingerprint density at radius 2 is 1.92 bits per heavy atom. The molecule has 3 rings (SSSR count). The Hall–Kier alpha value is -0.810.